The summed E-state index contributed by atoms with van der Waals surface area (Å²) in [5.74, 6) is 2.35. The number of rotatable bonds is 20. The molecule has 708 valence electrons. The van der Waals surface area contributed by atoms with Gasteiger partial charge in [0.05, 0.1) is 37.8 Å². The van der Waals surface area contributed by atoms with Crippen LogP contribution in [0.4, 0.5) is 0 Å². The van der Waals surface area contributed by atoms with Crippen LogP contribution in [0.3, 0.4) is 0 Å². The van der Waals surface area contributed by atoms with Crippen LogP contribution < -0.4 is 0 Å². The third kappa shape index (κ3) is 33.7. The summed E-state index contributed by atoms with van der Waals surface area (Å²) in [4.78, 5) is 30.2. The van der Waals surface area contributed by atoms with Crippen molar-refractivity contribution >= 4 is 0 Å². The maximum Gasteiger partial charge on any atom is 0.0921 e. The molecule has 0 aromatic carbocycles. The molecule has 21 nitrogen and oxygen atoms in total. The molecule has 0 radical (unpaired) electrons. The van der Waals surface area contributed by atoms with E-state index in [0.29, 0.717) is 84.1 Å². The van der Waals surface area contributed by atoms with Crippen LogP contribution in [0.1, 0.15) is 233 Å². The van der Waals surface area contributed by atoms with E-state index in [9.17, 15) is 0 Å². The molecule has 18 heterocycles. The molecule has 0 aliphatic carbocycles. The molecule has 9 aromatic rings. The molecule has 9 fully saturated rings. The highest BCUT2D eigenvalue weighted by molar-refractivity contribution is 5.12. The molecule has 9 aliphatic heterocycles. The Morgan fingerprint density at radius 3 is 0.961 bits per heavy atom. The number of piperidine rings is 2. The maximum absolute atomic E-state index is 5.77. The maximum atomic E-state index is 5.77. The van der Waals surface area contributed by atoms with Crippen molar-refractivity contribution in [3.63, 3.8) is 0 Å². The van der Waals surface area contributed by atoms with Gasteiger partial charge in [0.1, 0.15) is 0 Å². The fourth-order valence-electron chi connectivity index (χ4n) is 19.8. The molecular formula is C106H177N19O2. The first-order valence-electron chi connectivity index (χ1n) is 49.7. The van der Waals surface area contributed by atoms with Gasteiger partial charge >= 0.3 is 0 Å². The minimum absolute atomic E-state index is 0.272. The van der Waals surface area contributed by atoms with E-state index < -0.39 is 0 Å². The third-order valence-electron chi connectivity index (χ3n) is 28.3. The first-order chi connectivity index (χ1) is 60.9. The van der Waals surface area contributed by atoms with Crippen molar-refractivity contribution in [2.75, 3.05) is 124 Å². The van der Waals surface area contributed by atoms with E-state index >= 15 is 0 Å². The van der Waals surface area contributed by atoms with Crippen LogP contribution in [-0.2, 0) is 35.7 Å². The van der Waals surface area contributed by atoms with E-state index in [-0.39, 0.29) is 5.54 Å². The first-order valence-corrected chi connectivity index (χ1v) is 49.7. The van der Waals surface area contributed by atoms with Gasteiger partial charge in [0.25, 0.3) is 0 Å². The molecule has 9 saturated heterocycles. The molecule has 21 heteroatoms. The highest BCUT2D eigenvalue weighted by Gasteiger charge is 2.39. The average Bonchev–Trinajstić information content (AvgIpc) is 1.75. The van der Waals surface area contributed by atoms with Crippen LogP contribution in [0.15, 0.2) is 209 Å². The van der Waals surface area contributed by atoms with Gasteiger partial charge in [-0.2, -0.15) is 0 Å². The van der Waals surface area contributed by atoms with Crippen molar-refractivity contribution in [3.05, 3.63) is 214 Å². The fraction of sp³-hybridized carbons (Fsp3) is 0.670. The molecule has 18 rings (SSSR count). The van der Waals surface area contributed by atoms with Crippen LogP contribution in [0, 0.1) is 11.8 Å². The van der Waals surface area contributed by atoms with E-state index in [0.717, 1.165) is 76.4 Å². The van der Waals surface area contributed by atoms with Gasteiger partial charge in [-0.05, 0) is 332 Å². The summed E-state index contributed by atoms with van der Waals surface area (Å²) in [6.45, 7) is 74.3. The molecule has 7 atom stereocenters. The Bertz CT molecular complexity index is 4010. The Kier molecular flexibility index (Phi) is 41.6. The smallest absolute Gasteiger partial charge is 0.0921 e. The van der Waals surface area contributed by atoms with E-state index in [4.69, 9.17) is 9.47 Å². The lowest BCUT2D eigenvalue weighted by molar-refractivity contribution is -0.0456. The number of likely N-dealkylation sites (tertiary alicyclic amines) is 7. The van der Waals surface area contributed by atoms with Crippen LogP contribution in [0.25, 0.3) is 0 Å². The Morgan fingerprint density at radius 2 is 0.622 bits per heavy atom. The second-order valence-electron chi connectivity index (χ2n) is 41.7. The second-order valence-corrected chi connectivity index (χ2v) is 41.7. The molecule has 1 N–H and O–H groups in total. The monoisotopic (exact) mass is 1750 g/mol. The van der Waals surface area contributed by atoms with Gasteiger partial charge in [0, 0.05) is 306 Å². The number of H-pyrrole nitrogens is 1. The molecular weight excluding hydrogens is 1570 g/mol. The number of nitrogens with zero attached hydrogens (tertiary/aromatic N) is 18. The summed E-state index contributed by atoms with van der Waals surface area (Å²) in [5.41, 5.74) is 1.90. The lowest BCUT2D eigenvalue weighted by Gasteiger charge is -2.48. The van der Waals surface area contributed by atoms with E-state index in [2.05, 4.69) is 432 Å². The number of hydrogen-bond donors (Lipinski definition) is 1. The quantitative estimate of drug-likeness (QED) is 0.0783. The third-order valence-corrected chi connectivity index (χ3v) is 28.3. The Balaban J connectivity index is 0.000000149. The number of ether oxygens (including phenoxy) is 2. The fourth-order valence-corrected chi connectivity index (χ4v) is 19.8. The predicted molar refractivity (Wildman–Crippen MR) is 531 cm³/mol. The normalized spacial score (nSPS) is 23.2. The standard InChI is InChI=1S/C13H22N2.C12H21N3.2C12H20N2O.2C12H20N2.3C11H18N2/c1-12(2)15-9-5-13(6-10-15)11-14-7-3-4-8-14;1-9-10(11-7-13-8-14-11)5-6-15(9)12(2,3)4;2*1-11(2)14-7-8-15-12(10-14)9-13-5-3-4-6-13;1-11(2)13-9-5-12(6-10-13)14-7-3-4-8-14;1-11(2)14-8-5-12(10-14)9-13-6-3-4-7-13;1-11(2,3)13-8-10(9-13)12-6-4-5-7-12;2*1-10(2)13-8-5-11(9-13)12-6-3-4-7-12/h3-4,7-8,12-13H,5-6,9-11H2,1-2H3;7-10H,5-6H2,1-4H3,(H,13,14);2*3-6,11-12H,7-10H2,1-2H3;3-4,7-8,11-12H,5-6,9-10H2,1-2H3;3-4,6-7,11-12H,5,8-10H2,1-2H3;4-7,10H,8-9H2,1-3H3;2*3-4,6-7,10-11H,5,8-9H2,1-2H3/t;9-,10?;2*12-;;12-;;;/m.110.1.../s1. The van der Waals surface area contributed by atoms with Gasteiger partial charge in [0.2, 0.25) is 0 Å². The topological polar surface area (TPSA) is 116 Å². The van der Waals surface area contributed by atoms with Gasteiger partial charge in [0.15, 0.2) is 0 Å². The summed E-state index contributed by atoms with van der Waals surface area (Å²) in [5, 5.41) is 0. The lowest BCUT2D eigenvalue weighted by Crippen LogP contribution is -2.56. The van der Waals surface area contributed by atoms with Gasteiger partial charge in [-0.3, -0.25) is 29.4 Å². The first kappa shape index (κ1) is 102. The highest BCUT2D eigenvalue weighted by atomic mass is 16.5. The van der Waals surface area contributed by atoms with Crippen molar-refractivity contribution < 1.29 is 9.47 Å². The van der Waals surface area contributed by atoms with Crippen molar-refractivity contribution in [2.24, 2.45) is 11.8 Å². The molecule has 0 spiro atoms. The van der Waals surface area contributed by atoms with Crippen LogP contribution >= 0.6 is 0 Å². The number of hydrogen-bond acceptors (Lipinski definition) is 12. The number of nitrogens with one attached hydrogen (secondary N) is 1. The van der Waals surface area contributed by atoms with Gasteiger partial charge < -0.3 is 65.7 Å². The predicted octanol–water partition coefficient (Wildman–Crippen LogP) is 19.4. The molecule has 3 unspecified atom stereocenters. The van der Waals surface area contributed by atoms with Gasteiger partial charge in [-0.1, -0.05) is 0 Å². The van der Waals surface area contributed by atoms with Crippen molar-refractivity contribution in [1.82, 2.24) is 90.6 Å². The number of imidazole rings is 1. The number of aromatic nitrogens is 10. The molecule has 0 amide bonds. The molecule has 0 bridgehead atoms. The van der Waals surface area contributed by atoms with Crippen LogP contribution in [0.2, 0.25) is 0 Å². The zero-order chi connectivity index (χ0) is 91.0. The summed E-state index contributed by atoms with van der Waals surface area (Å²) >= 11 is 0. The van der Waals surface area contributed by atoms with Gasteiger partial charge in [-0.15, -0.1) is 0 Å². The summed E-state index contributed by atoms with van der Waals surface area (Å²) in [7, 11) is 0. The lowest BCUT2D eigenvalue weighted by atomic mass is 9.96. The average molecular weight is 1750 g/mol. The molecule has 9 aliphatic rings. The molecule has 127 heavy (non-hydrogen) atoms. The molecule has 0 saturated carbocycles. The minimum atomic E-state index is 0.272. The van der Waals surface area contributed by atoms with Crippen molar-refractivity contribution in [1.29, 1.82) is 0 Å². The Labute approximate surface area is 771 Å². The Morgan fingerprint density at radius 1 is 0.315 bits per heavy atom. The zero-order valence-corrected chi connectivity index (χ0v) is 83.2. The van der Waals surface area contributed by atoms with Crippen LogP contribution in [0.5, 0.6) is 0 Å². The van der Waals surface area contributed by atoms with E-state index in [1.807, 2.05) is 6.20 Å². The highest BCUT2D eigenvalue weighted by Crippen LogP contribution is 2.37. The number of aromatic amines is 1. The Hall–Kier alpha value is -6.99. The van der Waals surface area contributed by atoms with Gasteiger partial charge in [-0.25, -0.2) is 4.98 Å². The summed E-state index contributed by atoms with van der Waals surface area (Å²) in [6, 6.07) is 41.8. The summed E-state index contributed by atoms with van der Waals surface area (Å²) in [6.07, 6.45) is 49.4. The zero-order valence-electron chi connectivity index (χ0n) is 83.2. The molecule has 9 aromatic heterocycles. The van der Waals surface area contributed by atoms with Crippen molar-refractivity contribution in [2.45, 2.75) is 325 Å². The van der Waals surface area contributed by atoms with E-state index in [1.54, 1.807) is 6.33 Å². The largest absolute Gasteiger partial charge is 0.374 e. The number of morpholine rings is 2. The minimum Gasteiger partial charge on any atom is -0.374 e. The van der Waals surface area contributed by atoms with E-state index in [1.165, 1.54) is 155 Å². The summed E-state index contributed by atoms with van der Waals surface area (Å²) < 4.78 is 29.9. The van der Waals surface area contributed by atoms with Crippen LogP contribution in [-0.4, -0.2) is 287 Å². The van der Waals surface area contributed by atoms with Crippen molar-refractivity contribution in [3.8, 4) is 0 Å². The second kappa shape index (κ2) is 51.7. The SMILES string of the molecule is CC(C)(C)N1CC(n2cccc2)C1.CC(C)N1CCC(Cn2cccc2)CC1.CC(C)N1CCC(n2cccc2)C1.CC(C)N1CCC(n2cccc2)C1.CC(C)N1CCC(n2cccc2)CC1.CC(C)N1CCO[C@@H](Cn2cccc2)C1.CC(C)N1CCO[C@H](Cn2cccc2)C1.CC(C)N1CC[C@H](Cn2cccc2)C1.C[C@@H]1C(c2cnc[nH]2)CCN1C(C)(C)C.